The van der Waals surface area contributed by atoms with Gasteiger partial charge in [0.1, 0.15) is 12.4 Å². The van der Waals surface area contributed by atoms with Crippen molar-refractivity contribution in [3.8, 4) is 5.75 Å². The van der Waals surface area contributed by atoms with E-state index in [4.69, 9.17) is 22.1 Å². The van der Waals surface area contributed by atoms with Gasteiger partial charge in [-0.15, -0.1) is 0 Å². The van der Waals surface area contributed by atoms with Gasteiger partial charge >= 0.3 is 0 Å². The fourth-order valence-electron chi connectivity index (χ4n) is 1.30. The van der Waals surface area contributed by atoms with Gasteiger partial charge < -0.3 is 10.5 Å². The van der Waals surface area contributed by atoms with Crippen molar-refractivity contribution in [3.63, 3.8) is 0 Å². The van der Waals surface area contributed by atoms with Crippen LogP contribution in [0.25, 0.3) is 0 Å². The van der Waals surface area contributed by atoms with E-state index in [2.05, 4.69) is 0 Å². The number of rotatable bonds is 3. The third-order valence-electron chi connectivity index (χ3n) is 2.54. The summed E-state index contributed by atoms with van der Waals surface area (Å²) in [6.07, 6.45) is 2.14. The molecule has 0 heterocycles. The molecular formula is C11H14ClNO. The van der Waals surface area contributed by atoms with Gasteiger partial charge in [0.15, 0.2) is 0 Å². The summed E-state index contributed by atoms with van der Waals surface area (Å²) < 4.78 is 5.64. The second kappa shape index (κ2) is 3.44. The first-order valence-electron chi connectivity index (χ1n) is 4.77. The van der Waals surface area contributed by atoms with E-state index in [0.717, 1.165) is 29.2 Å². The minimum absolute atomic E-state index is 0.0634. The Morgan fingerprint density at radius 1 is 1.50 bits per heavy atom. The van der Waals surface area contributed by atoms with Crippen molar-refractivity contribution in [2.24, 2.45) is 5.73 Å². The number of aryl methyl sites for hydroxylation is 1. The number of benzene rings is 1. The molecule has 1 aliphatic rings. The largest absolute Gasteiger partial charge is 0.491 e. The highest BCUT2D eigenvalue weighted by atomic mass is 35.5. The van der Waals surface area contributed by atoms with Crippen molar-refractivity contribution >= 4 is 11.6 Å². The standard InChI is InChI=1S/C11H14ClNO/c1-8-6-9(12)2-3-10(8)14-7-11(13)4-5-11/h2-3,6H,4-5,7,13H2,1H3. The van der Waals surface area contributed by atoms with E-state index < -0.39 is 0 Å². The Kier molecular flexibility index (Phi) is 2.41. The number of nitrogens with two attached hydrogens (primary N) is 1. The Labute approximate surface area is 89.0 Å². The molecule has 1 aromatic carbocycles. The fraction of sp³-hybridized carbons (Fsp3) is 0.455. The molecule has 0 saturated heterocycles. The summed E-state index contributed by atoms with van der Waals surface area (Å²) in [7, 11) is 0. The highest BCUT2D eigenvalue weighted by molar-refractivity contribution is 6.30. The summed E-state index contributed by atoms with van der Waals surface area (Å²) in [5, 5.41) is 0.740. The van der Waals surface area contributed by atoms with E-state index in [-0.39, 0.29) is 5.54 Å². The van der Waals surface area contributed by atoms with Gasteiger partial charge in [-0.05, 0) is 43.5 Å². The molecule has 0 bridgehead atoms. The van der Waals surface area contributed by atoms with E-state index in [1.807, 2.05) is 25.1 Å². The molecule has 0 unspecified atom stereocenters. The molecule has 0 aromatic heterocycles. The molecule has 0 aliphatic heterocycles. The summed E-state index contributed by atoms with van der Waals surface area (Å²) in [4.78, 5) is 0. The summed E-state index contributed by atoms with van der Waals surface area (Å²) in [5.74, 6) is 0.881. The quantitative estimate of drug-likeness (QED) is 0.834. The maximum absolute atomic E-state index is 5.92. The fourth-order valence-corrected chi connectivity index (χ4v) is 1.53. The lowest BCUT2D eigenvalue weighted by atomic mass is 10.2. The van der Waals surface area contributed by atoms with Crippen molar-refractivity contribution in [2.75, 3.05) is 6.61 Å². The predicted molar refractivity (Wildman–Crippen MR) is 57.8 cm³/mol. The molecule has 76 valence electrons. The van der Waals surface area contributed by atoms with E-state index in [1.165, 1.54) is 0 Å². The average Bonchev–Trinajstić information content (AvgIpc) is 2.83. The highest BCUT2D eigenvalue weighted by Gasteiger charge is 2.39. The smallest absolute Gasteiger partial charge is 0.122 e. The van der Waals surface area contributed by atoms with Crippen molar-refractivity contribution in [2.45, 2.75) is 25.3 Å². The predicted octanol–water partition coefficient (Wildman–Crippen LogP) is 2.52. The van der Waals surface area contributed by atoms with Gasteiger partial charge in [0, 0.05) is 5.02 Å². The van der Waals surface area contributed by atoms with Gasteiger partial charge in [-0.25, -0.2) is 0 Å². The Morgan fingerprint density at radius 2 is 2.21 bits per heavy atom. The zero-order chi connectivity index (χ0) is 10.2. The first-order valence-corrected chi connectivity index (χ1v) is 5.15. The van der Waals surface area contributed by atoms with Gasteiger partial charge in [0.2, 0.25) is 0 Å². The van der Waals surface area contributed by atoms with Crippen LogP contribution in [0, 0.1) is 6.92 Å². The molecule has 2 rings (SSSR count). The zero-order valence-corrected chi connectivity index (χ0v) is 8.97. The maximum atomic E-state index is 5.92. The molecule has 1 saturated carbocycles. The maximum Gasteiger partial charge on any atom is 0.122 e. The molecule has 2 nitrogen and oxygen atoms in total. The Balaban J connectivity index is 2.02. The third-order valence-corrected chi connectivity index (χ3v) is 2.78. The summed E-state index contributed by atoms with van der Waals surface area (Å²) in [6.45, 7) is 2.59. The van der Waals surface area contributed by atoms with Gasteiger partial charge in [-0.3, -0.25) is 0 Å². The van der Waals surface area contributed by atoms with Gasteiger partial charge in [0.25, 0.3) is 0 Å². The average molecular weight is 212 g/mol. The number of ether oxygens (including phenoxy) is 1. The molecule has 1 aliphatic carbocycles. The molecule has 0 spiro atoms. The molecule has 1 fully saturated rings. The second-order valence-corrected chi connectivity index (χ2v) is 4.50. The van der Waals surface area contributed by atoms with Crippen LogP contribution in [0.3, 0.4) is 0 Å². The monoisotopic (exact) mass is 211 g/mol. The van der Waals surface area contributed by atoms with Gasteiger partial charge in [0.05, 0.1) is 5.54 Å². The minimum Gasteiger partial charge on any atom is -0.491 e. The van der Waals surface area contributed by atoms with E-state index in [9.17, 15) is 0 Å². The van der Waals surface area contributed by atoms with E-state index in [0.29, 0.717) is 6.61 Å². The van der Waals surface area contributed by atoms with Crippen LogP contribution >= 0.6 is 11.6 Å². The lowest BCUT2D eigenvalue weighted by Crippen LogP contribution is -2.29. The highest BCUT2D eigenvalue weighted by Crippen LogP contribution is 2.33. The van der Waals surface area contributed by atoms with Crippen molar-refractivity contribution < 1.29 is 4.74 Å². The molecule has 14 heavy (non-hydrogen) atoms. The summed E-state index contributed by atoms with van der Waals surface area (Å²) in [5.41, 5.74) is 6.92. The number of halogens is 1. The first kappa shape index (κ1) is 9.81. The molecule has 0 atom stereocenters. The first-order chi connectivity index (χ1) is 6.59. The molecule has 1 aromatic rings. The summed E-state index contributed by atoms with van der Waals surface area (Å²) in [6, 6.07) is 5.62. The van der Waals surface area contributed by atoms with Crippen LogP contribution in [-0.2, 0) is 0 Å². The van der Waals surface area contributed by atoms with E-state index in [1.54, 1.807) is 0 Å². The van der Waals surface area contributed by atoms with Crippen LogP contribution in [0.4, 0.5) is 0 Å². The topological polar surface area (TPSA) is 35.2 Å². The van der Waals surface area contributed by atoms with Gasteiger partial charge in [-0.2, -0.15) is 0 Å². The van der Waals surface area contributed by atoms with Gasteiger partial charge in [-0.1, -0.05) is 11.6 Å². The molecule has 2 N–H and O–H groups in total. The SMILES string of the molecule is Cc1cc(Cl)ccc1OCC1(N)CC1. The second-order valence-electron chi connectivity index (χ2n) is 4.06. The molecular weight excluding hydrogens is 198 g/mol. The lowest BCUT2D eigenvalue weighted by Gasteiger charge is -2.12. The minimum atomic E-state index is -0.0634. The van der Waals surface area contributed by atoms with Crippen molar-refractivity contribution in [3.05, 3.63) is 28.8 Å². The van der Waals surface area contributed by atoms with Crippen LogP contribution in [0.1, 0.15) is 18.4 Å². The molecule has 0 amide bonds. The van der Waals surface area contributed by atoms with E-state index >= 15 is 0 Å². The van der Waals surface area contributed by atoms with Crippen molar-refractivity contribution in [1.29, 1.82) is 0 Å². The van der Waals surface area contributed by atoms with Crippen LogP contribution in [0.5, 0.6) is 5.75 Å². The number of hydrogen-bond donors (Lipinski definition) is 1. The normalized spacial score (nSPS) is 17.9. The Hall–Kier alpha value is -0.730. The lowest BCUT2D eigenvalue weighted by molar-refractivity contribution is 0.278. The third kappa shape index (κ3) is 2.20. The molecule has 3 heteroatoms. The Morgan fingerprint density at radius 3 is 2.79 bits per heavy atom. The van der Waals surface area contributed by atoms with Crippen LogP contribution < -0.4 is 10.5 Å². The van der Waals surface area contributed by atoms with Crippen LogP contribution in [0.2, 0.25) is 5.02 Å². The Bertz CT molecular complexity index is 347. The molecule has 0 radical (unpaired) electrons. The number of hydrogen-bond acceptors (Lipinski definition) is 2. The van der Waals surface area contributed by atoms with Crippen LogP contribution in [0.15, 0.2) is 18.2 Å². The van der Waals surface area contributed by atoms with Crippen LogP contribution in [-0.4, -0.2) is 12.1 Å². The zero-order valence-electron chi connectivity index (χ0n) is 8.22. The summed E-state index contributed by atoms with van der Waals surface area (Å²) >= 11 is 5.84. The van der Waals surface area contributed by atoms with Crippen molar-refractivity contribution in [1.82, 2.24) is 0 Å².